The Bertz CT molecular complexity index is 586. The van der Waals surface area contributed by atoms with Crippen molar-refractivity contribution in [1.82, 2.24) is 4.90 Å². The summed E-state index contributed by atoms with van der Waals surface area (Å²) < 4.78 is 0. The van der Waals surface area contributed by atoms with Gasteiger partial charge in [-0.05, 0) is 42.5 Å². The van der Waals surface area contributed by atoms with Crippen LogP contribution in [0.25, 0.3) is 0 Å². The summed E-state index contributed by atoms with van der Waals surface area (Å²) in [5.74, 6) is 0.923. The molecule has 0 saturated heterocycles. The maximum absolute atomic E-state index is 13.1. The number of carbonyl (C=O) groups is 1. The van der Waals surface area contributed by atoms with Crippen LogP contribution in [0.4, 0.5) is 9.80 Å². The number of thiophene rings is 1. The van der Waals surface area contributed by atoms with Crippen molar-refractivity contribution in [2.75, 3.05) is 24.2 Å². The first-order valence-electron chi connectivity index (χ1n) is 11.4. The summed E-state index contributed by atoms with van der Waals surface area (Å²) in [4.78, 5) is 19.8. The van der Waals surface area contributed by atoms with Crippen molar-refractivity contribution in [3.63, 3.8) is 0 Å². The van der Waals surface area contributed by atoms with E-state index in [0.29, 0.717) is 0 Å². The average molecular weight is 440 g/mol. The molecule has 1 rings (SSSR count). The Morgan fingerprint density at radius 1 is 1.03 bits per heavy atom. The molecule has 0 bridgehead atoms. The second kappa shape index (κ2) is 16.8. The fourth-order valence-corrected chi connectivity index (χ4v) is 4.61. The molecule has 166 valence electrons. The van der Waals surface area contributed by atoms with Gasteiger partial charge in [0.1, 0.15) is 0 Å². The molecule has 0 fully saturated rings. The molecule has 0 unspecified atom stereocenters. The largest absolute Gasteiger partial charge is 0.328 e. The van der Waals surface area contributed by atoms with Crippen molar-refractivity contribution in [3.8, 4) is 0 Å². The number of amides is 2. The van der Waals surface area contributed by atoms with Crippen LogP contribution in [0.15, 0.2) is 16.4 Å². The molecule has 0 aliphatic rings. The number of rotatable bonds is 14. The van der Waals surface area contributed by atoms with Gasteiger partial charge < -0.3 is 0 Å². The van der Waals surface area contributed by atoms with Gasteiger partial charge in [0.05, 0.1) is 5.00 Å². The van der Waals surface area contributed by atoms with E-state index in [1.807, 2.05) is 11.0 Å². The summed E-state index contributed by atoms with van der Waals surface area (Å²) in [5.41, 5.74) is 1.18. The van der Waals surface area contributed by atoms with Gasteiger partial charge in [-0.15, -0.1) is 11.3 Å². The zero-order valence-corrected chi connectivity index (χ0v) is 20.6. The van der Waals surface area contributed by atoms with Crippen LogP contribution in [-0.4, -0.2) is 34.9 Å². The third kappa shape index (κ3) is 11.7. The van der Waals surface area contributed by atoms with E-state index in [2.05, 4.69) is 38.4 Å². The number of thioether (sulfide) groups is 1. The van der Waals surface area contributed by atoms with Crippen LogP contribution in [-0.2, 0) is 0 Å². The van der Waals surface area contributed by atoms with Gasteiger partial charge in [-0.1, -0.05) is 83.9 Å². The van der Waals surface area contributed by atoms with Crippen LogP contribution in [0.2, 0.25) is 0 Å². The molecule has 4 nitrogen and oxygen atoms in total. The van der Waals surface area contributed by atoms with Gasteiger partial charge in [-0.2, -0.15) is 0 Å². The number of hydrogen-bond donors (Lipinski definition) is 1. The Morgan fingerprint density at radius 3 is 2.28 bits per heavy atom. The number of nitrogens with zero attached hydrogens (tertiary/aromatic N) is 2. The van der Waals surface area contributed by atoms with E-state index in [1.54, 1.807) is 23.1 Å². The summed E-state index contributed by atoms with van der Waals surface area (Å²) in [5, 5.41) is 6.94. The third-order valence-electron chi connectivity index (χ3n) is 4.70. The number of urea groups is 1. The highest BCUT2D eigenvalue weighted by Gasteiger charge is 2.20. The van der Waals surface area contributed by atoms with Crippen LogP contribution in [0.5, 0.6) is 0 Å². The number of aliphatic imine (C=N–C) groups is 1. The first kappa shape index (κ1) is 26.0. The fourth-order valence-electron chi connectivity index (χ4n) is 3.06. The lowest BCUT2D eigenvalue weighted by Crippen LogP contribution is -2.39. The first-order chi connectivity index (χ1) is 14.1. The topological polar surface area (TPSA) is 44.7 Å². The normalized spacial score (nSPS) is 11.7. The van der Waals surface area contributed by atoms with Crippen molar-refractivity contribution < 1.29 is 4.79 Å². The smallest absolute Gasteiger partial charge is 0.299 e. The van der Waals surface area contributed by atoms with Gasteiger partial charge >= 0.3 is 6.03 Å². The molecule has 0 atom stereocenters. The van der Waals surface area contributed by atoms with Crippen molar-refractivity contribution in [2.45, 2.75) is 91.9 Å². The Morgan fingerprint density at radius 2 is 1.69 bits per heavy atom. The Hall–Kier alpha value is -1.01. The maximum atomic E-state index is 13.1. The molecule has 0 aliphatic carbocycles. The highest BCUT2D eigenvalue weighted by atomic mass is 32.2. The lowest BCUT2D eigenvalue weighted by molar-refractivity contribution is 0.233. The van der Waals surface area contributed by atoms with E-state index >= 15 is 0 Å². The molecule has 0 saturated carbocycles. The molecule has 1 heterocycles. The van der Waals surface area contributed by atoms with Gasteiger partial charge in [0.25, 0.3) is 0 Å². The molecule has 29 heavy (non-hydrogen) atoms. The molecule has 0 aromatic carbocycles. The number of unbranched alkanes of at least 4 members (excludes halogenated alkanes) is 8. The van der Waals surface area contributed by atoms with Crippen LogP contribution >= 0.6 is 23.1 Å². The van der Waals surface area contributed by atoms with E-state index in [4.69, 9.17) is 4.99 Å². The number of amidine groups is 1. The summed E-state index contributed by atoms with van der Waals surface area (Å²) in [6, 6.07) is 1.98. The highest BCUT2D eigenvalue weighted by Crippen LogP contribution is 2.21. The molecular formula is C23H41N3OS2. The monoisotopic (exact) mass is 439 g/mol. The van der Waals surface area contributed by atoms with Gasteiger partial charge in [0, 0.05) is 13.1 Å². The Kier molecular flexibility index (Phi) is 15.0. The summed E-state index contributed by atoms with van der Waals surface area (Å²) in [6.45, 7) is 10.2. The van der Waals surface area contributed by atoms with Crippen LogP contribution < -0.4 is 5.32 Å². The van der Waals surface area contributed by atoms with E-state index in [-0.39, 0.29) is 6.03 Å². The lowest BCUT2D eigenvalue weighted by Gasteiger charge is -2.24. The zero-order valence-electron chi connectivity index (χ0n) is 19.0. The molecule has 0 radical (unpaired) electrons. The van der Waals surface area contributed by atoms with Crippen molar-refractivity contribution >= 4 is 39.3 Å². The van der Waals surface area contributed by atoms with Crippen molar-refractivity contribution in [3.05, 3.63) is 17.0 Å². The molecule has 6 heteroatoms. The quantitative estimate of drug-likeness (QED) is 0.182. The molecule has 2 amide bonds. The standard InChI is InChI=1S/C23H41N3OS2/c1-5-8-10-12-14-16-24-23(28-7-3)26(17-15-13-11-9-6-2)22(27)25-21-18-20(4)19-29-21/h18-19H,5-17H2,1-4H3,(H,25,27). The lowest BCUT2D eigenvalue weighted by atomic mass is 10.1. The minimum atomic E-state index is -0.0481. The number of hydrogen-bond acceptors (Lipinski definition) is 4. The second-order valence-electron chi connectivity index (χ2n) is 7.50. The zero-order chi connectivity index (χ0) is 21.3. The van der Waals surface area contributed by atoms with Crippen LogP contribution in [0, 0.1) is 6.92 Å². The number of carbonyl (C=O) groups excluding carboxylic acids is 1. The van der Waals surface area contributed by atoms with Crippen molar-refractivity contribution in [1.29, 1.82) is 0 Å². The predicted octanol–water partition coefficient (Wildman–Crippen LogP) is 7.94. The third-order valence-corrected chi connectivity index (χ3v) is 6.56. The maximum Gasteiger partial charge on any atom is 0.328 e. The van der Waals surface area contributed by atoms with Crippen LogP contribution in [0.3, 0.4) is 0 Å². The Labute approximate surface area is 186 Å². The molecule has 0 spiro atoms. The average Bonchev–Trinajstić information content (AvgIpc) is 3.11. The molecular weight excluding hydrogens is 398 g/mol. The second-order valence-corrected chi connectivity index (χ2v) is 9.64. The summed E-state index contributed by atoms with van der Waals surface area (Å²) in [6.07, 6.45) is 12.1. The summed E-state index contributed by atoms with van der Waals surface area (Å²) >= 11 is 3.26. The highest BCUT2D eigenvalue weighted by molar-refractivity contribution is 8.13. The number of aryl methyl sites for hydroxylation is 1. The van der Waals surface area contributed by atoms with E-state index < -0.39 is 0 Å². The van der Waals surface area contributed by atoms with Gasteiger partial charge in [0.15, 0.2) is 5.17 Å². The van der Waals surface area contributed by atoms with Gasteiger partial charge in [-0.25, -0.2) is 4.79 Å². The van der Waals surface area contributed by atoms with E-state index in [1.165, 1.54) is 50.5 Å². The Balaban J connectivity index is 2.74. The molecule has 1 aromatic heterocycles. The molecule has 1 N–H and O–H groups in total. The number of nitrogens with one attached hydrogen (secondary N) is 1. The van der Waals surface area contributed by atoms with E-state index in [9.17, 15) is 4.79 Å². The fraction of sp³-hybridized carbons (Fsp3) is 0.739. The minimum Gasteiger partial charge on any atom is -0.299 e. The van der Waals surface area contributed by atoms with E-state index in [0.717, 1.165) is 48.3 Å². The first-order valence-corrected chi connectivity index (χ1v) is 13.3. The summed E-state index contributed by atoms with van der Waals surface area (Å²) in [7, 11) is 0. The molecule has 1 aromatic rings. The van der Waals surface area contributed by atoms with Crippen LogP contribution in [0.1, 0.15) is 90.5 Å². The van der Waals surface area contributed by atoms with Gasteiger partial charge in [0.2, 0.25) is 0 Å². The molecule has 0 aliphatic heterocycles. The number of anilines is 1. The SMILES string of the molecule is CCCCCCCN=C(SCC)N(CCCCCCC)C(=O)Nc1cc(C)cs1. The predicted molar refractivity (Wildman–Crippen MR) is 133 cm³/mol. The minimum absolute atomic E-state index is 0.0481. The van der Waals surface area contributed by atoms with Crippen molar-refractivity contribution in [2.24, 2.45) is 4.99 Å². The van der Waals surface area contributed by atoms with Gasteiger partial charge in [-0.3, -0.25) is 15.2 Å².